The largest absolute Gasteiger partial charge is 0.496 e. The summed E-state index contributed by atoms with van der Waals surface area (Å²) >= 11 is 0. The molecule has 24 heteroatoms. The van der Waals surface area contributed by atoms with Crippen molar-refractivity contribution in [2.24, 2.45) is 0 Å². The lowest BCUT2D eigenvalue weighted by molar-refractivity contribution is 0.147. The van der Waals surface area contributed by atoms with Gasteiger partial charge in [-0.2, -0.15) is 15.0 Å². The minimum atomic E-state index is -0.511. The van der Waals surface area contributed by atoms with E-state index < -0.39 is 11.6 Å². The van der Waals surface area contributed by atoms with Crippen LogP contribution in [-0.4, -0.2) is 77.9 Å². The average Bonchev–Trinajstić information content (AvgIpc) is 4.08. The predicted octanol–water partition coefficient (Wildman–Crippen LogP) is 6.17. The summed E-state index contributed by atoms with van der Waals surface area (Å²) in [4.78, 5) is 24.6. The first-order chi connectivity index (χ1) is 32.8. The smallest absolute Gasteiger partial charge is 0.222 e. The summed E-state index contributed by atoms with van der Waals surface area (Å²) < 4.78 is 59.1. The second-order valence-corrected chi connectivity index (χ2v) is 14.7. The number of methoxy groups -OCH3 is 2. The van der Waals surface area contributed by atoms with Gasteiger partial charge in [-0.3, -0.25) is 0 Å². The van der Waals surface area contributed by atoms with Crippen LogP contribution in [0.3, 0.4) is 0 Å². The lowest BCUT2D eigenvalue weighted by Crippen LogP contribution is -2.09. The third kappa shape index (κ3) is 11.5. The van der Waals surface area contributed by atoms with E-state index in [0.717, 1.165) is 22.4 Å². The van der Waals surface area contributed by atoms with Crippen molar-refractivity contribution in [1.29, 1.82) is 0 Å². The molecule has 9 rings (SSSR count). The van der Waals surface area contributed by atoms with Crippen molar-refractivity contribution in [1.82, 2.24) is 45.4 Å². The van der Waals surface area contributed by atoms with Gasteiger partial charge in [-0.25, -0.2) is 23.7 Å². The van der Waals surface area contributed by atoms with E-state index in [4.69, 9.17) is 45.0 Å². The molecule has 0 amide bonds. The molecule has 0 radical (unpaired) electrons. The number of aryl methyl sites for hydroxylation is 3. The number of benzene rings is 3. The first-order valence-corrected chi connectivity index (χ1v) is 20.6. The van der Waals surface area contributed by atoms with Gasteiger partial charge < -0.3 is 66.0 Å². The van der Waals surface area contributed by atoms with E-state index >= 15 is 0 Å². The summed E-state index contributed by atoms with van der Waals surface area (Å²) in [6, 6.07) is 16.5. The second-order valence-electron chi connectivity index (χ2n) is 14.7. The molecular formula is C44H47F2N15O7. The first kappa shape index (κ1) is 47.5. The van der Waals surface area contributed by atoms with Gasteiger partial charge in [-0.15, -0.1) is 0 Å². The third-order valence-electron chi connectivity index (χ3n) is 9.66. The number of anilines is 6. The summed E-state index contributed by atoms with van der Waals surface area (Å²) in [6.07, 6.45) is 0. The number of nitrogens with one attached hydrogen (secondary N) is 3. The summed E-state index contributed by atoms with van der Waals surface area (Å²) in [5.74, 6) is 3.43. The van der Waals surface area contributed by atoms with E-state index in [-0.39, 0.29) is 35.5 Å². The highest BCUT2D eigenvalue weighted by molar-refractivity contribution is 5.97. The number of nitrogens with zero attached hydrogens (tertiary/aromatic N) is 9. The van der Waals surface area contributed by atoms with Crippen molar-refractivity contribution >= 4 is 68.0 Å². The fourth-order valence-corrected chi connectivity index (χ4v) is 6.73. The fraction of sp³-hybridized carbons (Fsp3) is 0.250. The van der Waals surface area contributed by atoms with Gasteiger partial charge in [-0.1, -0.05) is 27.6 Å². The van der Waals surface area contributed by atoms with E-state index in [1.54, 1.807) is 33.1 Å². The van der Waals surface area contributed by atoms with Crippen LogP contribution in [0.1, 0.15) is 39.9 Å². The number of aliphatic hydroxyl groups excluding tert-OH is 1. The lowest BCUT2D eigenvalue weighted by atomic mass is 10.1. The van der Waals surface area contributed by atoms with Crippen molar-refractivity contribution in [2.45, 2.75) is 47.0 Å². The van der Waals surface area contributed by atoms with Crippen molar-refractivity contribution in [2.75, 3.05) is 60.6 Å². The molecule has 68 heavy (non-hydrogen) atoms. The van der Waals surface area contributed by atoms with Crippen LogP contribution in [0.25, 0.3) is 32.7 Å². The van der Waals surface area contributed by atoms with Crippen molar-refractivity contribution < 1.29 is 41.7 Å². The maximum Gasteiger partial charge on any atom is 0.222 e. The molecule has 22 nitrogen and oxygen atoms in total. The Kier molecular flexibility index (Phi) is 15.1. The van der Waals surface area contributed by atoms with Crippen LogP contribution < -0.4 is 42.6 Å². The number of hydrogen-bond acceptors (Lipinski definition) is 22. The molecule has 0 aliphatic heterocycles. The van der Waals surface area contributed by atoms with Gasteiger partial charge in [0.2, 0.25) is 17.8 Å². The average molecular weight is 936 g/mol. The molecule has 0 atom stereocenters. The Morgan fingerprint density at radius 3 is 1.47 bits per heavy atom. The number of nitrogens with two attached hydrogens (primary N) is 3. The van der Waals surface area contributed by atoms with Gasteiger partial charge in [0.25, 0.3) is 0 Å². The van der Waals surface area contributed by atoms with Crippen LogP contribution in [0.4, 0.5) is 44.1 Å². The van der Waals surface area contributed by atoms with Crippen LogP contribution in [0.2, 0.25) is 0 Å². The number of ether oxygens (including phenoxy) is 3. The number of halogens is 2. The summed E-state index contributed by atoms with van der Waals surface area (Å²) in [5.41, 5.74) is 20.9. The van der Waals surface area contributed by atoms with Gasteiger partial charge in [-0.05, 0) is 56.7 Å². The summed E-state index contributed by atoms with van der Waals surface area (Å²) in [5, 5.41) is 32.1. The molecule has 0 unspecified atom stereocenters. The molecule has 0 bridgehead atoms. The molecule has 354 valence electrons. The van der Waals surface area contributed by atoms with Crippen LogP contribution in [0, 0.1) is 32.4 Å². The molecule has 0 saturated heterocycles. The number of hydrogen-bond donors (Lipinski definition) is 7. The second kappa shape index (κ2) is 21.7. The maximum absolute atomic E-state index is 14.2. The topological polar surface area (TPSA) is 318 Å². The zero-order valence-corrected chi connectivity index (χ0v) is 37.4. The van der Waals surface area contributed by atoms with Gasteiger partial charge in [0.1, 0.15) is 92.6 Å². The standard InChI is InChI=1S/C16H18FN5O3.C14H14FN5O2.C14H15N5O2/c1-9-7-10(22-25-9)8-19-15-13-12(24-6-5-23-2)4-3-11(17)14(13)20-16(18)21-15;1-7-5-8(20-22-7)6-17-13-11-10(21-2)4-3-9(15)12(11)18-14(16)19-13;1-8-5-10(19-21-8)6-16-13-12-9(7-20)3-2-4-11(12)17-14(15)18-13/h3-4,7H,5-6,8H2,1-2H3,(H3,18,19,20,21);3-5H,6H2,1-2H3,(H3,16,17,18,19);2-5,20H,6-7H2,1H3,(H3,15,16,17,18). The van der Waals surface area contributed by atoms with Crippen LogP contribution >= 0.6 is 0 Å². The Balaban J connectivity index is 0.000000152. The minimum Gasteiger partial charge on any atom is -0.496 e. The highest BCUT2D eigenvalue weighted by Gasteiger charge is 2.18. The molecule has 9 aromatic rings. The molecule has 0 spiro atoms. The molecule has 6 aromatic heterocycles. The van der Waals surface area contributed by atoms with E-state index in [1.807, 2.05) is 31.2 Å². The number of aromatic nitrogens is 9. The quantitative estimate of drug-likeness (QED) is 0.0565. The highest BCUT2D eigenvalue weighted by Crippen LogP contribution is 2.34. The molecule has 0 aliphatic rings. The molecule has 0 fully saturated rings. The monoisotopic (exact) mass is 935 g/mol. The van der Waals surface area contributed by atoms with E-state index in [1.165, 1.54) is 31.4 Å². The fourth-order valence-electron chi connectivity index (χ4n) is 6.73. The Labute approximate surface area is 385 Å². The number of fused-ring (bicyclic) bond motifs is 3. The zero-order valence-electron chi connectivity index (χ0n) is 37.4. The first-order valence-electron chi connectivity index (χ1n) is 20.6. The number of aliphatic hydroxyl groups is 1. The normalized spacial score (nSPS) is 10.9. The van der Waals surface area contributed by atoms with Gasteiger partial charge >= 0.3 is 0 Å². The van der Waals surface area contributed by atoms with Crippen LogP contribution in [-0.2, 0) is 31.0 Å². The van der Waals surface area contributed by atoms with Crippen LogP contribution in [0.15, 0.2) is 74.2 Å². The minimum absolute atomic E-state index is 0.0292. The molecule has 3 aromatic carbocycles. The van der Waals surface area contributed by atoms with E-state index in [2.05, 4.69) is 61.3 Å². The Morgan fingerprint density at radius 2 is 1.03 bits per heavy atom. The molecule has 0 saturated carbocycles. The molecule has 0 aliphatic carbocycles. The van der Waals surface area contributed by atoms with Crippen molar-refractivity contribution in [3.63, 3.8) is 0 Å². The maximum atomic E-state index is 14.2. The lowest BCUT2D eigenvalue weighted by Gasteiger charge is -2.13. The molecule has 10 N–H and O–H groups in total. The van der Waals surface area contributed by atoms with Crippen molar-refractivity contribution in [3.8, 4) is 11.5 Å². The zero-order chi connectivity index (χ0) is 48.3. The third-order valence-corrected chi connectivity index (χ3v) is 9.66. The van der Waals surface area contributed by atoms with E-state index in [9.17, 15) is 13.9 Å². The Morgan fingerprint density at radius 1 is 0.574 bits per heavy atom. The Hall–Kier alpha value is -8.51. The van der Waals surface area contributed by atoms with Crippen LogP contribution in [0.5, 0.6) is 11.5 Å². The SMILES string of the molecule is COCCOc1ccc(F)c2nc(N)nc(NCc3cc(C)on3)c12.COc1ccc(F)c2nc(N)nc(NCc3cc(C)on3)c12.Cc1cc(CNc2nc(N)nc3cccc(CO)c23)no1. The molecule has 6 heterocycles. The number of rotatable bonds is 15. The highest BCUT2D eigenvalue weighted by atomic mass is 19.1. The van der Waals surface area contributed by atoms with E-state index in [0.29, 0.717) is 101 Å². The Bertz CT molecular complexity index is 3170. The van der Waals surface area contributed by atoms with Gasteiger partial charge in [0, 0.05) is 30.7 Å². The summed E-state index contributed by atoms with van der Waals surface area (Å²) in [6.45, 7) is 7.17. The summed E-state index contributed by atoms with van der Waals surface area (Å²) in [7, 11) is 3.07. The van der Waals surface area contributed by atoms with Gasteiger partial charge in [0.15, 0.2) is 0 Å². The van der Waals surface area contributed by atoms with Gasteiger partial charge in [0.05, 0.1) is 56.2 Å². The van der Waals surface area contributed by atoms with Crippen molar-refractivity contribution in [3.05, 3.63) is 112 Å². The number of nitrogen functional groups attached to an aromatic ring is 3. The predicted molar refractivity (Wildman–Crippen MR) is 247 cm³/mol. The molecular weight excluding hydrogens is 889 g/mol.